The van der Waals surface area contributed by atoms with Gasteiger partial charge in [-0.15, -0.1) is 0 Å². The first-order chi connectivity index (χ1) is 10.3. The van der Waals surface area contributed by atoms with Crippen molar-refractivity contribution in [2.45, 2.75) is 6.92 Å². The number of rotatable bonds is 2. The second-order valence-corrected chi connectivity index (χ2v) is 5.15. The molecule has 102 valence electrons. The molecule has 0 bridgehead atoms. The Bertz CT molecular complexity index is 873. The fourth-order valence-corrected chi connectivity index (χ4v) is 3.15. The number of carbonyl (C=O) groups excluding carboxylic acids is 1. The number of hydrogen-bond donors (Lipinski definition) is 0. The van der Waals surface area contributed by atoms with Crippen LogP contribution in [0.1, 0.15) is 22.8 Å². The summed E-state index contributed by atoms with van der Waals surface area (Å²) in [4.78, 5) is 12.9. The predicted molar refractivity (Wildman–Crippen MR) is 84.0 cm³/mol. The highest BCUT2D eigenvalue weighted by atomic mass is 16.5. The number of benzene rings is 3. The summed E-state index contributed by atoms with van der Waals surface area (Å²) in [5.74, 6) is 0.727. The van der Waals surface area contributed by atoms with Gasteiger partial charge in [0.1, 0.15) is 5.75 Å². The zero-order chi connectivity index (χ0) is 14.4. The Morgan fingerprint density at radius 2 is 1.52 bits per heavy atom. The molecule has 0 fully saturated rings. The molecule has 0 spiro atoms. The molecule has 0 saturated heterocycles. The molecule has 0 atom stereocenters. The van der Waals surface area contributed by atoms with Crippen LogP contribution in [-0.2, 0) is 0 Å². The maximum atomic E-state index is 12.9. The SMILES string of the molecule is CCOc1cccc2c1C(=O)c1cccc3cccc-2c13. The first-order valence-corrected chi connectivity index (χ1v) is 7.14. The summed E-state index contributed by atoms with van der Waals surface area (Å²) < 4.78 is 5.66. The molecule has 0 aliphatic heterocycles. The van der Waals surface area contributed by atoms with Gasteiger partial charge in [0.25, 0.3) is 0 Å². The fourth-order valence-electron chi connectivity index (χ4n) is 3.15. The van der Waals surface area contributed by atoms with Crippen LogP contribution >= 0.6 is 0 Å². The minimum atomic E-state index is 0.0540. The Morgan fingerprint density at radius 3 is 2.29 bits per heavy atom. The minimum Gasteiger partial charge on any atom is -0.493 e. The number of hydrogen-bond acceptors (Lipinski definition) is 2. The average Bonchev–Trinajstić information content (AvgIpc) is 2.52. The highest BCUT2D eigenvalue weighted by molar-refractivity contribution is 6.26. The van der Waals surface area contributed by atoms with E-state index in [0.717, 1.165) is 27.5 Å². The van der Waals surface area contributed by atoms with Gasteiger partial charge >= 0.3 is 0 Å². The summed E-state index contributed by atoms with van der Waals surface area (Å²) in [7, 11) is 0. The molecule has 0 saturated carbocycles. The van der Waals surface area contributed by atoms with E-state index in [0.29, 0.717) is 17.9 Å². The van der Waals surface area contributed by atoms with E-state index in [1.165, 1.54) is 0 Å². The van der Waals surface area contributed by atoms with Crippen molar-refractivity contribution in [2.24, 2.45) is 0 Å². The smallest absolute Gasteiger partial charge is 0.198 e. The van der Waals surface area contributed by atoms with Crippen molar-refractivity contribution < 1.29 is 9.53 Å². The highest BCUT2D eigenvalue weighted by Gasteiger charge is 2.27. The van der Waals surface area contributed by atoms with E-state index in [9.17, 15) is 4.79 Å². The summed E-state index contributed by atoms with van der Waals surface area (Å²) in [6.45, 7) is 2.48. The lowest BCUT2D eigenvalue weighted by atomic mass is 9.82. The zero-order valence-electron chi connectivity index (χ0n) is 11.7. The summed E-state index contributed by atoms with van der Waals surface area (Å²) in [5, 5.41) is 2.15. The largest absolute Gasteiger partial charge is 0.493 e. The summed E-state index contributed by atoms with van der Waals surface area (Å²) >= 11 is 0. The minimum absolute atomic E-state index is 0.0540. The molecule has 3 aromatic carbocycles. The van der Waals surface area contributed by atoms with E-state index in [1.807, 2.05) is 55.5 Å². The summed E-state index contributed by atoms with van der Waals surface area (Å²) in [6.07, 6.45) is 0. The third-order valence-corrected chi connectivity index (χ3v) is 3.99. The van der Waals surface area contributed by atoms with Gasteiger partial charge in [-0.05, 0) is 29.5 Å². The predicted octanol–water partition coefficient (Wildman–Crippen LogP) is 4.45. The van der Waals surface area contributed by atoms with E-state index >= 15 is 0 Å². The maximum Gasteiger partial charge on any atom is 0.198 e. The van der Waals surface area contributed by atoms with Gasteiger partial charge < -0.3 is 4.74 Å². The van der Waals surface area contributed by atoms with Crippen molar-refractivity contribution in [2.75, 3.05) is 6.61 Å². The van der Waals surface area contributed by atoms with Crippen LogP contribution in [0.15, 0.2) is 54.6 Å². The Labute approximate surface area is 123 Å². The second kappa shape index (κ2) is 4.45. The molecule has 0 amide bonds. The van der Waals surface area contributed by atoms with Gasteiger partial charge in [0, 0.05) is 10.9 Å². The standard InChI is InChI=1S/C19H14O2/c1-2-21-16-11-5-9-14-13-8-3-6-12-7-4-10-15(17(12)13)19(20)18(14)16/h3-11H,2H2,1H3. The van der Waals surface area contributed by atoms with E-state index < -0.39 is 0 Å². The van der Waals surface area contributed by atoms with Crippen LogP contribution in [0.2, 0.25) is 0 Å². The Balaban J connectivity index is 2.14. The normalized spacial score (nSPS) is 12.3. The molecule has 2 nitrogen and oxygen atoms in total. The van der Waals surface area contributed by atoms with Crippen LogP contribution in [0, 0.1) is 0 Å². The lowest BCUT2D eigenvalue weighted by molar-refractivity contribution is 0.103. The van der Waals surface area contributed by atoms with Gasteiger partial charge in [0.15, 0.2) is 5.78 Å². The Hall–Kier alpha value is -2.61. The number of carbonyl (C=O) groups is 1. The summed E-state index contributed by atoms with van der Waals surface area (Å²) in [5.41, 5.74) is 3.53. The molecule has 0 N–H and O–H groups in total. The van der Waals surface area contributed by atoms with Gasteiger partial charge in [-0.25, -0.2) is 0 Å². The van der Waals surface area contributed by atoms with Crippen molar-refractivity contribution in [3.05, 3.63) is 65.7 Å². The lowest BCUT2D eigenvalue weighted by Crippen LogP contribution is -2.12. The lowest BCUT2D eigenvalue weighted by Gasteiger charge is -2.21. The van der Waals surface area contributed by atoms with Gasteiger partial charge in [-0.1, -0.05) is 48.5 Å². The maximum absolute atomic E-state index is 12.9. The number of ketones is 1. The van der Waals surface area contributed by atoms with Crippen molar-refractivity contribution in [1.29, 1.82) is 0 Å². The third kappa shape index (κ3) is 1.62. The van der Waals surface area contributed by atoms with Crippen LogP contribution in [0.3, 0.4) is 0 Å². The molecule has 2 heteroatoms. The Kier molecular flexibility index (Phi) is 2.58. The summed E-state index contributed by atoms with van der Waals surface area (Å²) in [6, 6.07) is 17.9. The van der Waals surface area contributed by atoms with Crippen LogP contribution < -0.4 is 4.74 Å². The average molecular weight is 274 g/mol. The van der Waals surface area contributed by atoms with Gasteiger partial charge in [-0.2, -0.15) is 0 Å². The van der Waals surface area contributed by atoms with Crippen LogP contribution in [0.5, 0.6) is 5.75 Å². The molecule has 0 aromatic heterocycles. The third-order valence-electron chi connectivity index (χ3n) is 3.99. The van der Waals surface area contributed by atoms with Crippen molar-refractivity contribution in [1.82, 2.24) is 0 Å². The van der Waals surface area contributed by atoms with Crippen molar-refractivity contribution in [3.8, 4) is 16.9 Å². The molecular formula is C19H14O2. The van der Waals surface area contributed by atoms with Crippen LogP contribution in [0.4, 0.5) is 0 Å². The molecule has 0 unspecified atom stereocenters. The van der Waals surface area contributed by atoms with Crippen LogP contribution in [-0.4, -0.2) is 12.4 Å². The van der Waals surface area contributed by atoms with Crippen molar-refractivity contribution in [3.63, 3.8) is 0 Å². The monoisotopic (exact) mass is 274 g/mol. The van der Waals surface area contributed by atoms with Gasteiger partial charge in [0.2, 0.25) is 0 Å². The number of fused-ring (bicyclic) bond motifs is 2. The first kappa shape index (κ1) is 12.2. The van der Waals surface area contributed by atoms with E-state index in [1.54, 1.807) is 0 Å². The fraction of sp³-hybridized carbons (Fsp3) is 0.105. The second-order valence-electron chi connectivity index (χ2n) is 5.15. The highest BCUT2D eigenvalue weighted by Crippen LogP contribution is 2.42. The quantitative estimate of drug-likeness (QED) is 0.540. The molecule has 4 rings (SSSR count). The van der Waals surface area contributed by atoms with E-state index in [2.05, 4.69) is 6.07 Å². The molecule has 3 aromatic rings. The van der Waals surface area contributed by atoms with E-state index in [4.69, 9.17) is 4.74 Å². The zero-order valence-corrected chi connectivity index (χ0v) is 11.7. The first-order valence-electron chi connectivity index (χ1n) is 7.14. The molecule has 0 heterocycles. The van der Waals surface area contributed by atoms with Gasteiger partial charge in [0.05, 0.1) is 12.2 Å². The topological polar surface area (TPSA) is 26.3 Å². The molecule has 0 radical (unpaired) electrons. The Morgan fingerprint density at radius 1 is 0.857 bits per heavy atom. The molecule has 21 heavy (non-hydrogen) atoms. The molecule has 1 aliphatic rings. The van der Waals surface area contributed by atoms with E-state index in [-0.39, 0.29) is 5.78 Å². The molecular weight excluding hydrogens is 260 g/mol. The number of ether oxygens (including phenoxy) is 1. The van der Waals surface area contributed by atoms with Crippen LogP contribution in [0.25, 0.3) is 21.9 Å². The van der Waals surface area contributed by atoms with Crippen molar-refractivity contribution >= 4 is 16.6 Å². The van der Waals surface area contributed by atoms with Gasteiger partial charge in [-0.3, -0.25) is 4.79 Å². The molecule has 1 aliphatic carbocycles.